The van der Waals surface area contributed by atoms with Crippen molar-refractivity contribution in [3.8, 4) is 11.1 Å². The number of hydrogen-bond acceptors (Lipinski definition) is 4. The predicted molar refractivity (Wildman–Crippen MR) is 70.0 cm³/mol. The van der Waals surface area contributed by atoms with E-state index >= 15 is 0 Å². The molecule has 0 aliphatic heterocycles. The zero-order chi connectivity index (χ0) is 13.1. The Morgan fingerprint density at radius 3 is 2.61 bits per heavy atom. The maximum Gasteiger partial charge on any atom is 0.358 e. The fourth-order valence-electron chi connectivity index (χ4n) is 1.74. The van der Waals surface area contributed by atoms with E-state index in [2.05, 4.69) is 12.1 Å². The predicted octanol–water partition coefficient (Wildman–Crippen LogP) is 3.46. The highest BCUT2D eigenvalue weighted by molar-refractivity contribution is 7.99. The SMILES string of the molecule is CCSc1ccc(-c2c(C(=O)O)noc2C)cc1. The molecule has 0 saturated carbocycles. The Morgan fingerprint density at radius 1 is 1.39 bits per heavy atom. The summed E-state index contributed by atoms with van der Waals surface area (Å²) in [5, 5.41) is 12.6. The number of aromatic carboxylic acids is 1. The van der Waals surface area contributed by atoms with E-state index in [1.807, 2.05) is 24.3 Å². The van der Waals surface area contributed by atoms with Gasteiger partial charge in [0.15, 0.2) is 5.69 Å². The van der Waals surface area contributed by atoms with E-state index in [1.54, 1.807) is 18.7 Å². The van der Waals surface area contributed by atoms with Crippen molar-refractivity contribution in [2.75, 3.05) is 5.75 Å². The molecule has 2 rings (SSSR count). The van der Waals surface area contributed by atoms with Crippen LogP contribution in [0.1, 0.15) is 23.2 Å². The summed E-state index contributed by atoms with van der Waals surface area (Å²) in [5.41, 5.74) is 1.32. The smallest absolute Gasteiger partial charge is 0.358 e. The summed E-state index contributed by atoms with van der Waals surface area (Å²) in [6.07, 6.45) is 0. The second kappa shape index (κ2) is 5.27. The van der Waals surface area contributed by atoms with Gasteiger partial charge in [0.05, 0.1) is 5.56 Å². The minimum absolute atomic E-state index is 0.0385. The van der Waals surface area contributed by atoms with E-state index in [0.29, 0.717) is 11.3 Å². The zero-order valence-electron chi connectivity index (χ0n) is 10.1. The molecule has 0 unspecified atom stereocenters. The van der Waals surface area contributed by atoms with Gasteiger partial charge in [-0.25, -0.2) is 4.79 Å². The number of carboxylic acids is 1. The van der Waals surface area contributed by atoms with E-state index in [9.17, 15) is 4.79 Å². The average Bonchev–Trinajstić information content (AvgIpc) is 2.73. The average molecular weight is 263 g/mol. The number of nitrogens with zero attached hydrogens (tertiary/aromatic N) is 1. The number of benzene rings is 1. The molecule has 2 aromatic rings. The summed E-state index contributed by atoms with van der Waals surface area (Å²) in [4.78, 5) is 12.2. The third kappa shape index (κ3) is 2.41. The lowest BCUT2D eigenvalue weighted by Gasteiger charge is -2.02. The highest BCUT2D eigenvalue weighted by atomic mass is 32.2. The van der Waals surface area contributed by atoms with Gasteiger partial charge >= 0.3 is 5.97 Å². The summed E-state index contributed by atoms with van der Waals surface area (Å²) >= 11 is 1.74. The minimum Gasteiger partial charge on any atom is -0.476 e. The highest BCUT2D eigenvalue weighted by Crippen LogP contribution is 2.29. The monoisotopic (exact) mass is 263 g/mol. The van der Waals surface area contributed by atoms with Gasteiger partial charge in [-0.2, -0.15) is 0 Å². The number of rotatable bonds is 4. The Hall–Kier alpha value is -1.75. The van der Waals surface area contributed by atoms with Crippen LogP contribution < -0.4 is 0 Å². The van der Waals surface area contributed by atoms with Crippen molar-refractivity contribution in [1.82, 2.24) is 5.16 Å². The first-order valence-corrected chi connectivity index (χ1v) is 6.54. The molecular weight excluding hydrogens is 250 g/mol. The van der Waals surface area contributed by atoms with Crippen molar-refractivity contribution < 1.29 is 14.4 Å². The molecule has 0 saturated heterocycles. The fraction of sp³-hybridized carbons (Fsp3) is 0.231. The molecular formula is C13H13NO3S. The van der Waals surface area contributed by atoms with E-state index in [1.165, 1.54) is 0 Å². The minimum atomic E-state index is -1.08. The third-order valence-corrected chi connectivity index (χ3v) is 3.41. The van der Waals surface area contributed by atoms with Crippen LogP contribution in [0.15, 0.2) is 33.7 Å². The number of aromatic nitrogens is 1. The van der Waals surface area contributed by atoms with Crippen molar-refractivity contribution in [2.24, 2.45) is 0 Å². The first-order valence-electron chi connectivity index (χ1n) is 5.56. The lowest BCUT2D eigenvalue weighted by atomic mass is 10.0. The van der Waals surface area contributed by atoms with Crippen molar-refractivity contribution in [2.45, 2.75) is 18.7 Å². The summed E-state index contributed by atoms with van der Waals surface area (Å²) in [6.45, 7) is 3.80. The summed E-state index contributed by atoms with van der Waals surface area (Å²) in [6, 6.07) is 7.73. The first-order chi connectivity index (χ1) is 8.63. The van der Waals surface area contributed by atoms with Gasteiger partial charge in [0.2, 0.25) is 0 Å². The number of aryl methyl sites for hydroxylation is 1. The van der Waals surface area contributed by atoms with Gasteiger partial charge in [-0.05, 0) is 30.4 Å². The number of carboxylic acid groups (broad SMARTS) is 1. The van der Waals surface area contributed by atoms with Crippen LogP contribution in [-0.2, 0) is 0 Å². The lowest BCUT2D eigenvalue weighted by Crippen LogP contribution is -1.99. The van der Waals surface area contributed by atoms with Crippen LogP contribution in [0, 0.1) is 6.92 Å². The van der Waals surface area contributed by atoms with E-state index in [-0.39, 0.29) is 5.69 Å². The summed E-state index contributed by atoms with van der Waals surface area (Å²) < 4.78 is 4.95. The molecule has 94 valence electrons. The van der Waals surface area contributed by atoms with Gasteiger partial charge in [0.1, 0.15) is 5.76 Å². The van der Waals surface area contributed by atoms with Gasteiger partial charge < -0.3 is 9.63 Å². The highest BCUT2D eigenvalue weighted by Gasteiger charge is 2.20. The van der Waals surface area contributed by atoms with Crippen molar-refractivity contribution in [3.05, 3.63) is 35.7 Å². The van der Waals surface area contributed by atoms with Gasteiger partial charge in [-0.1, -0.05) is 24.2 Å². The molecule has 1 aromatic heterocycles. The van der Waals surface area contributed by atoms with Crippen LogP contribution in [-0.4, -0.2) is 22.0 Å². The second-order valence-corrected chi connectivity index (χ2v) is 5.06. The molecule has 0 amide bonds. The van der Waals surface area contributed by atoms with E-state index in [4.69, 9.17) is 9.63 Å². The first kappa shape index (κ1) is 12.7. The molecule has 4 nitrogen and oxygen atoms in total. The number of carbonyl (C=O) groups is 1. The zero-order valence-corrected chi connectivity index (χ0v) is 11.0. The molecule has 18 heavy (non-hydrogen) atoms. The van der Waals surface area contributed by atoms with Gasteiger partial charge in [0.25, 0.3) is 0 Å². The molecule has 0 radical (unpaired) electrons. The Kier molecular flexibility index (Phi) is 3.72. The summed E-state index contributed by atoms with van der Waals surface area (Å²) in [5.74, 6) is 0.448. The van der Waals surface area contributed by atoms with Gasteiger partial charge in [-0.15, -0.1) is 11.8 Å². The molecule has 5 heteroatoms. The quantitative estimate of drug-likeness (QED) is 0.856. The second-order valence-electron chi connectivity index (χ2n) is 3.72. The molecule has 1 N–H and O–H groups in total. The van der Waals surface area contributed by atoms with Crippen molar-refractivity contribution >= 4 is 17.7 Å². The molecule has 1 heterocycles. The summed E-state index contributed by atoms with van der Waals surface area (Å²) in [7, 11) is 0. The fourth-order valence-corrected chi connectivity index (χ4v) is 2.40. The molecule has 0 bridgehead atoms. The molecule has 0 aliphatic carbocycles. The van der Waals surface area contributed by atoms with Crippen LogP contribution >= 0.6 is 11.8 Å². The lowest BCUT2D eigenvalue weighted by molar-refractivity contribution is 0.0686. The largest absolute Gasteiger partial charge is 0.476 e. The number of thioether (sulfide) groups is 1. The maximum absolute atomic E-state index is 11.1. The molecule has 0 aliphatic rings. The van der Waals surface area contributed by atoms with Crippen molar-refractivity contribution in [1.29, 1.82) is 0 Å². The van der Waals surface area contributed by atoms with Gasteiger partial charge in [0, 0.05) is 4.90 Å². The van der Waals surface area contributed by atoms with Crippen LogP contribution in [0.3, 0.4) is 0 Å². The Balaban J connectivity index is 2.42. The Morgan fingerprint density at radius 2 is 2.06 bits per heavy atom. The number of hydrogen-bond donors (Lipinski definition) is 1. The molecule has 1 aromatic carbocycles. The Labute approximate surface area is 109 Å². The van der Waals surface area contributed by atoms with Crippen LogP contribution in [0.2, 0.25) is 0 Å². The van der Waals surface area contributed by atoms with Crippen LogP contribution in [0.5, 0.6) is 0 Å². The topological polar surface area (TPSA) is 63.3 Å². The third-order valence-electron chi connectivity index (χ3n) is 2.52. The molecule has 0 fully saturated rings. The van der Waals surface area contributed by atoms with Gasteiger partial charge in [-0.3, -0.25) is 0 Å². The molecule has 0 atom stereocenters. The standard InChI is InChI=1S/C13H13NO3S/c1-3-18-10-6-4-9(5-7-10)11-8(2)17-14-12(11)13(15)16/h4-7H,3H2,1-2H3,(H,15,16). The Bertz CT molecular complexity index is 560. The molecule has 0 spiro atoms. The van der Waals surface area contributed by atoms with Crippen LogP contribution in [0.25, 0.3) is 11.1 Å². The van der Waals surface area contributed by atoms with E-state index < -0.39 is 5.97 Å². The normalized spacial score (nSPS) is 10.6. The van der Waals surface area contributed by atoms with E-state index in [0.717, 1.165) is 16.2 Å². The maximum atomic E-state index is 11.1. The van der Waals surface area contributed by atoms with Crippen LogP contribution in [0.4, 0.5) is 0 Å². The van der Waals surface area contributed by atoms with Crippen molar-refractivity contribution in [3.63, 3.8) is 0 Å².